The van der Waals surface area contributed by atoms with Gasteiger partial charge in [-0.05, 0) is 24.1 Å². The molecule has 3 heteroatoms. The highest BCUT2D eigenvalue weighted by atomic mass is 79.9. The van der Waals surface area contributed by atoms with Gasteiger partial charge in [-0.1, -0.05) is 37.9 Å². The van der Waals surface area contributed by atoms with Crippen LogP contribution in [0.4, 0.5) is 0 Å². The molecule has 0 aliphatic rings. The van der Waals surface area contributed by atoms with Crippen LogP contribution in [0.15, 0.2) is 21.1 Å². The lowest BCUT2D eigenvalue weighted by Gasteiger charge is -2.04. The van der Waals surface area contributed by atoms with Crippen molar-refractivity contribution in [3.05, 3.63) is 32.2 Å². The highest BCUT2D eigenvalue weighted by Gasteiger charge is 2.01. The number of nitrogens with two attached hydrogens (primary N) is 1. The van der Waals surface area contributed by atoms with E-state index in [1.165, 1.54) is 5.56 Å². The van der Waals surface area contributed by atoms with Crippen molar-refractivity contribution < 1.29 is 0 Å². The number of aryl methyl sites for hydroxylation is 1. The van der Waals surface area contributed by atoms with Crippen LogP contribution in [0.3, 0.4) is 0 Å². The highest BCUT2D eigenvalue weighted by Crippen LogP contribution is 2.25. The summed E-state index contributed by atoms with van der Waals surface area (Å²) in [5.74, 6) is 0. The third-order valence-corrected chi connectivity index (χ3v) is 3.14. The average Bonchev–Trinajstić information content (AvgIpc) is 1.97. The van der Waals surface area contributed by atoms with Crippen LogP contribution in [-0.2, 0) is 6.54 Å². The molecule has 0 bridgehead atoms. The van der Waals surface area contributed by atoms with Crippen molar-refractivity contribution in [1.82, 2.24) is 0 Å². The molecule has 11 heavy (non-hydrogen) atoms. The van der Waals surface area contributed by atoms with E-state index in [4.69, 9.17) is 5.73 Å². The van der Waals surface area contributed by atoms with Crippen LogP contribution in [0.25, 0.3) is 0 Å². The van der Waals surface area contributed by atoms with Crippen LogP contribution in [0.5, 0.6) is 0 Å². The molecule has 0 aliphatic carbocycles. The normalized spacial score (nSPS) is 10.2. The van der Waals surface area contributed by atoms with Crippen LogP contribution in [0.2, 0.25) is 0 Å². The zero-order valence-electron chi connectivity index (χ0n) is 6.20. The summed E-state index contributed by atoms with van der Waals surface area (Å²) in [6, 6.07) is 4.10. The molecule has 1 rings (SSSR count). The van der Waals surface area contributed by atoms with Gasteiger partial charge in [0.1, 0.15) is 0 Å². The standard InChI is InChI=1S/C8H9Br2N/c1-5-2-6(4-11)8(10)3-7(5)9/h2-3H,4,11H2,1H3. The Morgan fingerprint density at radius 2 is 1.91 bits per heavy atom. The monoisotopic (exact) mass is 277 g/mol. The zero-order valence-corrected chi connectivity index (χ0v) is 9.37. The molecule has 0 atom stereocenters. The summed E-state index contributed by atoms with van der Waals surface area (Å²) in [5.41, 5.74) is 7.88. The van der Waals surface area contributed by atoms with E-state index in [1.807, 2.05) is 6.07 Å². The summed E-state index contributed by atoms with van der Waals surface area (Å²) in [5, 5.41) is 0. The fraction of sp³-hybridized carbons (Fsp3) is 0.250. The Morgan fingerprint density at radius 1 is 1.27 bits per heavy atom. The van der Waals surface area contributed by atoms with E-state index in [1.54, 1.807) is 0 Å². The molecule has 0 amide bonds. The minimum Gasteiger partial charge on any atom is -0.326 e. The molecule has 2 N–H and O–H groups in total. The molecule has 0 radical (unpaired) electrons. The van der Waals surface area contributed by atoms with Gasteiger partial charge in [-0.15, -0.1) is 0 Å². The fourth-order valence-electron chi connectivity index (χ4n) is 0.873. The lowest BCUT2D eigenvalue weighted by molar-refractivity contribution is 1.05. The molecule has 1 nitrogen and oxygen atoms in total. The Labute approximate surface area is 83.2 Å². The Bertz CT molecular complexity index is 271. The minimum absolute atomic E-state index is 0.578. The third kappa shape index (κ3) is 2.04. The molecule has 0 aliphatic heterocycles. The number of hydrogen-bond donors (Lipinski definition) is 1. The molecule has 0 heterocycles. The maximum Gasteiger partial charge on any atom is 0.0231 e. The number of hydrogen-bond acceptors (Lipinski definition) is 1. The van der Waals surface area contributed by atoms with E-state index in [0.717, 1.165) is 14.5 Å². The first kappa shape index (κ1) is 9.23. The molecule has 1 aromatic rings. The van der Waals surface area contributed by atoms with Crippen molar-refractivity contribution in [2.24, 2.45) is 5.73 Å². The third-order valence-electron chi connectivity index (χ3n) is 1.55. The number of benzene rings is 1. The van der Waals surface area contributed by atoms with Crippen LogP contribution in [-0.4, -0.2) is 0 Å². The lowest BCUT2D eigenvalue weighted by Crippen LogP contribution is -1.97. The quantitative estimate of drug-likeness (QED) is 0.840. The van der Waals surface area contributed by atoms with E-state index >= 15 is 0 Å². The molecule has 0 fully saturated rings. The van der Waals surface area contributed by atoms with Crippen molar-refractivity contribution >= 4 is 31.9 Å². The second-order valence-electron chi connectivity index (χ2n) is 2.40. The Morgan fingerprint density at radius 3 is 2.45 bits per heavy atom. The first-order valence-electron chi connectivity index (χ1n) is 3.29. The molecule has 0 saturated heterocycles. The molecular formula is C8H9Br2N. The van der Waals surface area contributed by atoms with Gasteiger partial charge < -0.3 is 5.73 Å². The first-order chi connectivity index (χ1) is 5.15. The van der Waals surface area contributed by atoms with Crippen LogP contribution < -0.4 is 5.73 Å². The summed E-state index contributed by atoms with van der Waals surface area (Å²) in [4.78, 5) is 0. The topological polar surface area (TPSA) is 26.0 Å². The van der Waals surface area contributed by atoms with Gasteiger partial charge in [0.2, 0.25) is 0 Å². The smallest absolute Gasteiger partial charge is 0.0231 e. The van der Waals surface area contributed by atoms with E-state index in [2.05, 4.69) is 44.8 Å². The summed E-state index contributed by atoms with van der Waals surface area (Å²) in [6.45, 7) is 2.63. The van der Waals surface area contributed by atoms with Crippen molar-refractivity contribution in [2.75, 3.05) is 0 Å². The van der Waals surface area contributed by atoms with Gasteiger partial charge in [-0.2, -0.15) is 0 Å². The molecule has 60 valence electrons. The predicted molar refractivity (Wildman–Crippen MR) is 54.5 cm³/mol. The molecule has 0 saturated carbocycles. The maximum atomic E-state index is 5.52. The minimum atomic E-state index is 0.578. The van der Waals surface area contributed by atoms with Gasteiger partial charge >= 0.3 is 0 Å². The van der Waals surface area contributed by atoms with Gasteiger partial charge in [0.25, 0.3) is 0 Å². The maximum absolute atomic E-state index is 5.52. The summed E-state index contributed by atoms with van der Waals surface area (Å²) >= 11 is 6.87. The van der Waals surface area contributed by atoms with Crippen molar-refractivity contribution in [2.45, 2.75) is 13.5 Å². The van der Waals surface area contributed by atoms with Crippen molar-refractivity contribution in [3.63, 3.8) is 0 Å². The summed E-state index contributed by atoms with van der Waals surface area (Å²) in [7, 11) is 0. The molecule has 0 aromatic heterocycles. The van der Waals surface area contributed by atoms with E-state index in [0.29, 0.717) is 6.54 Å². The van der Waals surface area contributed by atoms with Crippen LogP contribution >= 0.6 is 31.9 Å². The SMILES string of the molecule is Cc1cc(CN)c(Br)cc1Br. The second-order valence-corrected chi connectivity index (χ2v) is 4.11. The van der Waals surface area contributed by atoms with E-state index in [-0.39, 0.29) is 0 Å². The molecule has 0 spiro atoms. The largest absolute Gasteiger partial charge is 0.326 e. The second kappa shape index (κ2) is 3.70. The van der Waals surface area contributed by atoms with Gasteiger partial charge in [0.15, 0.2) is 0 Å². The van der Waals surface area contributed by atoms with E-state index < -0.39 is 0 Å². The molecular weight excluding hydrogens is 270 g/mol. The van der Waals surface area contributed by atoms with E-state index in [9.17, 15) is 0 Å². The lowest BCUT2D eigenvalue weighted by atomic mass is 10.1. The fourth-order valence-corrected chi connectivity index (χ4v) is 2.03. The van der Waals surface area contributed by atoms with Gasteiger partial charge in [0.05, 0.1) is 0 Å². The van der Waals surface area contributed by atoms with Crippen LogP contribution in [0.1, 0.15) is 11.1 Å². The Kier molecular flexibility index (Phi) is 3.10. The van der Waals surface area contributed by atoms with Crippen molar-refractivity contribution in [3.8, 4) is 0 Å². The summed E-state index contributed by atoms with van der Waals surface area (Å²) < 4.78 is 2.18. The number of rotatable bonds is 1. The molecule has 1 aromatic carbocycles. The Balaban J connectivity index is 3.21. The zero-order chi connectivity index (χ0) is 8.43. The highest BCUT2D eigenvalue weighted by molar-refractivity contribution is 9.11. The van der Waals surface area contributed by atoms with Crippen LogP contribution in [0, 0.1) is 6.92 Å². The molecule has 0 unspecified atom stereocenters. The number of halogens is 2. The van der Waals surface area contributed by atoms with Gasteiger partial charge in [0, 0.05) is 15.5 Å². The Hall–Kier alpha value is 0.140. The predicted octanol–water partition coefficient (Wildman–Crippen LogP) is 2.98. The first-order valence-corrected chi connectivity index (χ1v) is 4.88. The van der Waals surface area contributed by atoms with Gasteiger partial charge in [-0.3, -0.25) is 0 Å². The van der Waals surface area contributed by atoms with Crippen molar-refractivity contribution in [1.29, 1.82) is 0 Å². The summed E-state index contributed by atoms with van der Waals surface area (Å²) in [6.07, 6.45) is 0. The average molecular weight is 279 g/mol. The van der Waals surface area contributed by atoms with Gasteiger partial charge in [-0.25, -0.2) is 0 Å².